The Bertz CT molecular complexity index is 1090. The maximum Gasteiger partial charge on any atom is 0.253 e. The molecular weight excluding hydrogens is 498 g/mol. The summed E-state index contributed by atoms with van der Waals surface area (Å²) >= 11 is 0. The minimum absolute atomic E-state index is 0. The van der Waals surface area contributed by atoms with Gasteiger partial charge < -0.3 is 19.3 Å². The van der Waals surface area contributed by atoms with Gasteiger partial charge in [0.25, 0.3) is 5.91 Å². The maximum absolute atomic E-state index is 13.3. The van der Waals surface area contributed by atoms with Crippen molar-refractivity contribution >= 4 is 24.0 Å². The Balaban J connectivity index is 0.00000400. The van der Waals surface area contributed by atoms with Crippen LogP contribution >= 0.6 is 12.4 Å². The normalized spacial score (nSPS) is 18.5. The van der Waals surface area contributed by atoms with Gasteiger partial charge in [0.15, 0.2) is 11.5 Å². The number of likely N-dealkylation sites (tertiary alicyclic amines) is 1. The summed E-state index contributed by atoms with van der Waals surface area (Å²) in [4.78, 5) is 23.0. The second-order valence-corrected chi connectivity index (χ2v) is 10.3. The van der Waals surface area contributed by atoms with Crippen LogP contribution < -0.4 is 9.47 Å². The lowest BCUT2D eigenvalue weighted by atomic mass is 9.79. The molecule has 6 nitrogen and oxygen atoms in total. The van der Waals surface area contributed by atoms with E-state index in [2.05, 4.69) is 50.1 Å². The molecule has 38 heavy (non-hydrogen) atoms. The first-order chi connectivity index (χ1) is 18.0. The molecular formula is C31H44ClN3O3. The van der Waals surface area contributed by atoms with Crippen LogP contribution in [0.25, 0.3) is 0 Å². The fourth-order valence-electron chi connectivity index (χ4n) is 5.51. The van der Waals surface area contributed by atoms with Crippen molar-refractivity contribution in [2.24, 2.45) is 4.99 Å². The molecule has 2 unspecified atom stereocenters. The van der Waals surface area contributed by atoms with Gasteiger partial charge in [0.1, 0.15) is 0 Å². The van der Waals surface area contributed by atoms with E-state index in [9.17, 15) is 4.79 Å². The van der Waals surface area contributed by atoms with Crippen LogP contribution in [0.3, 0.4) is 0 Å². The number of piperidine rings is 1. The third kappa shape index (κ3) is 6.52. The molecule has 0 spiro atoms. The van der Waals surface area contributed by atoms with E-state index in [0.29, 0.717) is 12.5 Å². The molecule has 0 aromatic heterocycles. The van der Waals surface area contributed by atoms with Crippen molar-refractivity contribution < 1.29 is 14.3 Å². The highest BCUT2D eigenvalue weighted by Gasteiger charge is 2.36. The van der Waals surface area contributed by atoms with Gasteiger partial charge in [-0.3, -0.25) is 9.79 Å². The highest BCUT2D eigenvalue weighted by molar-refractivity contribution is 6.15. The van der Waals surface area contributed by atoms with Crippen LogP contribution in [0.4, 0.5) is 0 Å². The Hall–Kier alpha value is -2.57. The average Bonchev–Trinajstić information content (AvgIpc) is 2.92. The zero-order valence-electron chi connectivity index (χ0n) is 23.7. The molecule has 2 aromatic carbocycles. The van der Waals surface area contributed by atoms with Crippen LogP contribution in [0.5, 0.6) is 11.5 Å². The molecule has 1 amide bonds. The van der Waals surface area contributed by atoms with E-state index in [1.807, 2.05) is 24.0 Å². The lowest BCUT2D eigenvalue weighted by Crippen LogP contribution is -2.41. The monoisotopic (exact) mass is 541 g/mol. The van der Waals surface area contributed by atoms with E-state index in [1.54, 1.807) is 7.11 Å². The number of carbonyl (C=O) groups excluding carboxylic acids is 1. The quantitative estimate of drug-likeness (QED) is 0.340. The van der Waals surface area contributed by atoms with Gasteiger partial charge in [-0.15, -0.1) is 12.4 Å². The molecule has 1 fully saturated rings. The molecule has 7 heteroatoms. The standard InChI is InChI=1S/C31H43N3O3.ClH/c1-6-9-16-34(17-10-7-2)31(35)23-13-11-22(12-14-23)30-25-20-28(36-5)29(37-8-3)19-24(25)26-21-33(4)18-15-27(26)32-30;/h11-14,19-20,26-27H,6-10,15-18,21H2,1-5H3;1H. The summed E-state index contributed by atoms with van der Waals surface area (Å²) in [6.07, 6.45) is 5.26. The number of halogens is 1. The number of nitrogens with zero attached hydrogens (tertiary/aromatic N) is 3. The Kier molecular flexibility index (Phi) is 11.0. The van der Waals surface area contributed by atoms with Gasteiger partial charge in [-0.2, -0.15) is 0 Å². The zero-order chi connectivity index (χ0) is 26.4. The molecule has 0 bridgehead atoms. The molecule has 1 saturated heterocycles. The summed E-state index contributed by atoms with van der Waals surface area (Å²) < 4.78 is 11.6. The largest absolute Gasteiger partial charge is 0.493 e. The summed E-state index contributed by atoms with van der Waals surface area (Å²) in [5.41, 5.74) is 5.14. The molecule has 0 radical (unpaired) electrons. The van der Waals surface area contributed by atoms with E-state index in [4.69, 9.17) is 14.5 Å². The second-order valence-electron chi connectivity index (χ2n) is 10.3. The summed E-state index contributed by atoms with van der Waals surface area (Å²) in [7, 11) is 3.87. The third-order valence-electron chi connectivity index (χ3n) is 7.62. The van der Waals surface area contributed by atoms with Crippen LogP contribution in [0.1, 0.15) is 85.8 Å². The van der Waals surface area contributed by atoms with Crippen LogP contribution in [0, 0.1) is 0 Å². The van der Waals surface area contributed by atoms with E-state index in [0.717, 1.165) is 92.2 Å². The summed E-state index contributed by atoms with van der Waals surface area (Å²) in [5.74, 6) is 1.97. The molecule has 2 heterocycles. The average molecular weight is 542 g/mol. The van der Waals surface area contributed by atoms with Crippen LogP contribution in [0.2, 0.25) is 0 Å². The SMILES string of the molecule is CCCCN(CCCC)C(=O)c1ccc(C2=NC3CCN(C)CC3c3cc(OCC)c(OC)cc32)cc1.Cl. The number of methoxy groups -OCH3 is 1. The van der Waals surface area contributed by atoms with Gasteiger partial charge in [0.05, 0.1) is 25.5 Å². The Morgan fingerprint density at radius 2 is 1.74 bits per heavy atom. The number of ether oxygens (including phenoxy) is 2. The fourth-order valence-corrected chi connectivity index (χ4v) is 5.51. The number of aliphatic imine (C=N–C) groups is 1. The smallest absolute Gasteiger partial charge is 0.253 e. The number of carbonyl (C=O) groups is 1. The molecule has 4 rings (SSSR count). The van der Waals surface area contributed by atoms with Crippen molar-refractivity contribution in [3.8, 4) is 11.5 Å². The first kappa shape index (κ1) is 30.0. The predicted molar refractivity (Wildman–Crippen MR) is 158 cm³/mol. The summed E-state index contributed by atoms with van der Waals surface area (Å²) in [6, 6.07) is 12.5. The molecule has 2 aromatic rings. The first-order valence-corrected chi connectivity index (χ1v) is 14.0. The molecule has 0 saturated carbocycles. The third-order valence-corrected chi connectivity index (χ3v) is 7.62. The summed E-state index contributed by atoms with van der Waals surface area (Å²) in [5, 5.41) is 0. The Labute approximate surface area is 234 Å². The van der Waals surface area contributed by atoms with Gasteiger partial charge in [-0.1, -0.05) is 38.8 Å². The van der Waals surface area contributed by atoms with Gasteiger partial charge in [0, 0.05) is 42.2 Å². The number of fused-ring (bicyclic) bond motifs is 3. The van der Waals surface area contributed by atoms with Crippen molar-refractivity contribution in [3.63, 3.8) is 0 Å². The first-order valence-electron chi connectivity index (χ1n) is 14.0. The van der Waals surface area contributed by atoms with Gasteiger partial charge in [-0.05, 0) is 69.6 Å². The number of rotatable bonds is 11. The van der Waals surface area contributed by atoms with Gasteiger partial charge >= 0.3 is 0 Å². The van der Waals surface area contributed by atoms with Crippen molar-refractivity contribution in [2.45, 2.75) is 64.8 Å². The molecule has 0 aliphatic carbocycles. The van der Waals surface area contributed by atoms with Crippen LogP contribution in [-0.4, -0.2) is 74.4 Å². The van der Waals surface area contributed by atoms with Crippen LogP contribution in [0.15, 0.2) is 41.4 Å². The predicted octanol–water partition coefficient (Wildman–Crippen LogP) is 6.20. The van der Waals surface area contributed by atoms with Crippen molar-refractivity contribution in [1.82, 2.24) is 9.80 Å². The number of benzene rings is 2. The maximum atomic E-state index is 13.3. The van der Waals surface area contributed by atoms with Crippen LogP contribution in [-0.2, 0) is 0 Å². The topological polar surface area (TPSA) is 54.4 Å². The summed E-state index contributed by atoms with van der Waals surface area (Å²) in [6.45, 7) is 10.6. The fraction of sp³-hybridized carbons (Fsp3) is 0.548. The molecule has 2 atom stereocenters. The number of unbranched alkanes of at least 4 members (excludes halogenated alkanes) is 2. The minimum Gasteiger partial charge on any atom is -0.493 e. The van der Waals surface area contributed by atoms with E-state index in [1.165, 1.54) is 5.56 Å². The number of hydrogen-bond donors (Lipinski definition) is 0. The lowest BCUT2D eigenvalue weighted by molar-refractivity contribution is 0.0751. The molecule has 2 aliphatic rings. The molecule has 2 aliphatic heterocycles. The minimum atomic E-state index is 0. The van der Waals surface area contributed by atoms with E-state index >= 15 is 0 Å². The molecule has 208 valence electrons. The number of hydrogen-bond acceptors (Lipinski definition) is 5. The van der Waals surface area contributed by atoms with Crippen molar-refractivity contribution in [3.05, 3.63) is 58.7 Å². The number of amides is 1. The Morgan fingerprint density at radius 1 is 1.05 bits per heavy atom. The van der Waals surface area contributed by atoms with E-state index in [-0.39, 0.29) is 24.4 Å². The van der Waals surface area contributed by atoms with Gasteiger partial charge in [-0.25, -0.2) is 0 Å². The number of likely N-dealkylation sites (N-methyl/N-ethyl adjacent to an activating group) is 1. The highest BCUT2D eigenvalue weighted by atomic mass is 35.5. The van der Waals surface area contributed by atoms with E-state index < -0.39 is 0 Å². The van der Waals surface area contributed by atoms with Gasteiger partial charge in [0.2, 0.25) is 0 Å². The van der Waals surface area contributed by atoms with Crippen molar-refractivity contribution in [1.29, 1.82) is 0 Å². The Morgan fingerprint density at radius 3 is 2.34 bits per heavy atom. The molecule has 0 N–H and O–H groups in total. The van der Waals surface area contributed by atoms with Crippen molar-refractivity contribution in [2.75, 3.05) is 46.9 Å². The highest BCUT2D eigenvalue weighted by Crippen LogP contribution is 2.42. The second kappa shape index (κ2) is 14.0. The zero-order valence-corrected chi connectivity index (χ0v) is 24.5. The lowest BCUT2D eigenvalue weighted by Gasteiger charge is -2.39.